The molecule has 1 aromatic carbocycles. The fourth-order valence-electron chi connectivity index (χ4n) is 1.83. The summed E-state index contributed by atoms with van der Waals surface area (Å²) in [6.45, 7) is 9.91. The summed E-state index contributed by atoms with van der Waals surface area (Å²) in [4.78, 5) is 22.5. The lowest BCUT2D eigenvalue weighted by Crippen LogP contribution is -2.32. The molecule has 1 aliphatic heterocycles. The molecule has 0 unspecified atom stereocenters. The normalized spacial score (nSPS) is 15.0. The molecule has 0 saturated carbocycles. The van der Waals surface area contributed by atoms with Gasteiger partial charge in [-0.3, -0.25) is 14.6 Å². The van der Waals surface area contributed by atoms with Crippen molar-refractivity contribution in [1.29, 1.82) is 0 Å². The third-order valence-electron chi connectivity index (χ3n) is 2.77. The molecular weight excluding hydrogens is 280 g/mol. The Morgan fingerprint density at radius 1 is 1.27 bits per heavy atom. The number of allylic oxidation sites excluding steroid dienone is 1. The molecule has 6 nitrogen and oxygen atoms in total. The van der Waals surface area contributed by atoms with Crippen LogP contribution in [0, 0.1) is 6.92 Å². The highest BCUT2D eigenvalue weighted by molar-refractivity contribution is 5.99. The van der Waals surface area contributed by atoms with Crippen LogP contribution in [0.3, 0.4) is 0 Å². The minimum Gasteiger partial charge on any atom is -0.395 e. The number of aldehydes is 1. The zero-order valence-corrected chi connectivity index (χ0v) is 13.9. The van der Waals surface area contributed by atoms with Gasteiger partial charge in [-0.2, -0.15) is 0 Å². The lowest BCUT2D eigenvalue weighted by molar-refractivity contribution is -0.115. The van der Waals surface area contributed by atoms with Gasteiger partial charge in [0.1, 0.15) is 0 Å². The second-order valence-electron chi connectivity index (χ2n) is 4.14. The van der Waals surface area contributed by atoms with Gasteiger partial charge in [0.25, 0.3) is 0 Å². The third-order valence-corrected chi connectivity index (χ3v) is 2.77. The van der Waals surface area contributed by atoms with Crippen molar-refractivity contribution >= 4 is 23.6 Å². The van der Waals surface area contributed by atoms with E-state index in [2.05, 4.69) is 5.32 Å². The van der Waals surface area contributed by atoms with Gasteiger partial charge in [0.2, 0.25) is 5.91 Å². The van der Waals surface area contributed by atoms with E-state index in [1.165, 1.54) is 5.01 Å². The number of aryl methyl sites for hydroxylation is 1. The predicted molar refractivity (Wildman–Crippen MR) is 91.1 cm³/mol. The summed E-state index contributed by atoms with van der Waals surface area (Å²) in [5.74, 6) is 5.69. The van der Waals surface area contributed by atoms with Crippen LogP contribution in [0.25, 0.3) is 0 Å². The molecule has 0 radical (unpaired) electrons. The number of carbonyl (C=O) groups is 2. The summed E-state index contributed by atoms with van der Waals surface area (Å²) in [5, 5.41) is 4.00. The van der Waals surface area contributed by atoms with Crippen molar-refractivity contribution < 1.29 is 9.59 Å². The fourth-order valence-corrected chi connectivity index (χ4v) is 1.83. The SMILES string of the molecule is CC.CC.Cc1ccc2c(c1)N(N)/C(=C(\N)C=O)CC(=O)N2. The number of rotatable bonds is 1. The van der Waals surface area contributed by atoms with Crippen molar-refractivity contribution in [3.63, 3.8) is 0 Å². The molecule has 0 saturated heterocycles. The molecule has 0 fully saturated rings. The summed E-state index contributed by atoms with van der Waals surface area (Å²) in [7, 11) is 0. The van der Waals surface area contributed by atoms with E-state index in [4.69, 9.17) is 11.6 Å². The molecule has 0 aromatic heterocycles. The predicted octanol–water partition coefficient (Wildman–Crippen LogP) is 2.44. The van der Waals surface area contributed by atoms with Crippen molar-refractivity contribution in [2.45, 2.75) is 41.0 Å². The molecule has 1 aromatic rings. The van der Waals surface area contributed by atoms with E-state index >= 15 is 0 Å². The molecule has 22 heavy (non-hydrogen) atoms. The Balaban J connectivity index is 0.00000102. The number of amides is 1. The largest absolute Gasteiger partial charge is 0.395 e. The van der Waals surface area contributed by atoms with Gasteiger partial charge in [0, 0.05) is 0 Å². The van der Waals surface area contributed by atoms with Gasteiger partial charge < -0.3 is 11.1 Å². The molecule has 1 amide bonds. The number of anilines is 2. The lowest BCUT2D eigenvalue weighted by Gasteiger charge is -2.21. The van der Waals surface area contributed by atoms with Crippen LogP contribution in [-0.2, 0) is 9.59 Å². The van der Waals surface area contributed by atoms with Gasteiger partial charge in [-0.15, -0.1) is 0 Å². The maximum absolute atomic E-state index is 11.7. The standard InChI is InChI=1S/C12H14N4O2.2C2H6/c1-7-2-3-9-11(4-7)16(14)10(8(13)6-17)5-12(18)15-9;2*1-2/h2-4,6H,5,13-14H2,1H3,(H,15,18);2*1-2H3/b10-8-;;. The van der Waals surface area contributed by atoms with E-state index in [0.29, 0.717) is 23.4 Å². The Morgan fingerprint density at radius 3 is 2.41 bits per heavy atom. The number of carbonyl (C=O) groups excluding carboxylic acids is 2. The molecular formula is C16H26N4O2. The van der Waals surface area contributed by atoms with Gasteiger partial charge >= 0.3 is 0 Å². The first-order valence-electron chi connectivity index (χ1n) is 7.42. The number of nitrogens with two attached hydrogens (primary N) is 2. The summed E-state index contributed by atoms with van der Waals surface area (Å²) < 4.78 is 0. The number of hydrogen-bond donors (Lipinski definition) is 3. The fraction of sp³-hybridized carbons (Fsp3) is 0.375. The van der Waals surface area contributed by atoms with E-state index in [1.54, 1.807) is 6.07 Å². The minimum absolute atomic E-state index is 0.0329. The molecule has 122 valence electrons. The summed E-state index contributed by atoms with van der Waals surface area (Å²) in [6.07, 6.45) is 0.456. The van der Waals surface area contributed by atoms with Crippen molar-refractivity contribution in [2.24, 2.45) is 11.6 Å². The van der Waals surface area contributed by atoms with E-state index in [9.17, 15) is 9.59 Å². The maximum atomic E-state index is 11.7. The molecule has 0 bridgehead atoms. The second kappa shape index (κ2) is 9.57. The smallest absolute Gasteiger partial charge is 0.230 e. The van der Waals surface area contributed by atoms with Crippen LogP contribution in [0.4, 0.5) is 11.4 Å². The third kappa shape index (κ3) is 4.60. The number of nitrogens with zero attached hydrogens (tertiary/aromatic N) is 1. The quantitative estimate of drug-likeness (QED) is 0.420. The van der Waals surface area contributed by atoms with Gasteiger partial charge in [-0.25, -0.2) is 5.84 Å². The van der Waals surface area contributed by atoms with Crippen LogP contribution in [0.2, 0.25) is 0 Å². The Kier molecular flexibility index (Phi) is 8.55. The average Bonchev–Trinajstić information content (AvgIpc) is 2.68. The summed E-state index contributed by atoms with van der Waals surface area (Å²) in [6, 6.07) is 5.45. The first-order chi connectivity index (χ1) is 10.5. The summed E-state index contributed by atoms with van der Waals surface area (Å²) >= 11 is 0. The van der Waals surface area contributed by atoms with Crippen molar-refractivity contribution in [1.82, 2.24) is 0 Å². The van der Waals surface area contributed by atoms with E-state index < -0.39 is 0 Å². The van der Waals surface area contributed by atoms with Gasteiger partial charge in [-0.05, 0) is 24.6 Å². The Bertz CT molecular complexity index is 553. The second-order valence-corrected chi connectivity index (χ2v) is 4.14. The molecule has 2 rings (SSSR count). The Labute approximate surface area is 132 Å². The van der Waals surface area contributed by atoms with Crippen molar-refractivity contribution in [3.8, 4) is 0 Å². The first kappa shape index (κ1) is 19.7. The number of benzene rings is 1. The van der Waals surface area contributed by atoms with Crippen LogP contribution >= 0.6 is 0 Å². The molecule has 0 spiro atoms. The first-order valence-corrected chi connectivity index (χ1v) is 7.42. The minimum atomic E-state index is -0.257. The highest BCUT2D eigenvalue weighted by atomic mass is 16.1. The Morgan fingerprint density at radius 2 is 1.86 bits per heavy atom. The van der Waals surface area contributed by atoms with Crippen LogP contribution in [0.15, 0.2) is 29.6 Å². The van der Waals surface area contributed by atoms with E-state index in [0.717, 1.165) is 5.56 Å². The Hall–Kier alpha value is -2.34. The van der Waals surface area contributed by atoms with Crippen LogP contribution in [0.1, 0.15) is 39.7 Å². The zero-order valence-electron chi connectivity index (χ0n) is 13.9. The monoisotopic (exact) mass is 306 g/mol. The molecule has 5 N–H and O–H groups in total. The van der Waals surface area contributed by atoms with Gasteiger partial charge in [0.05, 0.1) is 29.2 Å². The maximum Gasteiger partial charge on any atom is 0.230 e. The zero-order chi connectivity index (χ0) is 17.3. The van der Waals surface area contributed by atoms with Crippen LogP contribution in [0.5, 0.6) is 0 Å². The summed E-state index contributed by atoms with van der Waals surface area (Å²) in [5.41, 5.74) is 8.03. The van der Waals surface area contributed by atoms with Crippen molar-refractivity contribution in [3.05, 3.63) is 35.2 Å². The average molecular weight is 306 g/mol. The molecule has 6 heteroatoms. The highest BCUT2D eigenvalue weighted by Gasteiger charge is 2.23. The van der Waals surface area contributed by atoms with Crippen LogP contribution < -0.4 is 21.9 Å². The molecule has 1 aliphatic rings. The molecule has 1 heterocycles. The van der Waals surface area contributed by atoms with E-state index in [-0.39, 0.29) is 18.0 Å². The number of fused-ring (bicyclic) bond motifs is 1. The number of hydrogen-bond acceptors (Lipinski definition) is 5. The number of hydrazine groups is 1. The molecule has 0 aliphatic carbocycles. The van der Waals surface area contributed by atoms with E-state index in [1.807, 2.05) is 46.8 Å². The number of nitrogens with one attached hydrogen (secondary N) is 1. The lowest BCUT2D eigenvalue weighted by atomic mass is 10.2. The van der Waals surface area contributed by atoms with Gasteiger partial charge in [-0.1, -0.05) is 33.8 Å². The van der Waals surface area contributed by atoms with Gasteiger partial charge in [0.15, 0.2) is 6.29 Å². The topological polar surface area (TPSA) is 101 Å². The van der Waals surface area contributed by atoms with Crippen molar-refractivity contribution in [2.75, 3.05) is 10.3 Å². The highest BCUT2D eigenvalue weighted by Crippen LogP contribution is 2.31. The molecule has 0 atom stereocenters. The van der Waals surface area contributed by atoms with Crippen LogP contribution in [-0.4, -0.2) is 12.2 Å².